The minimum atomic E-state index is -0.0448. The highest BCUT2D eigenvalue weighted by atomic mass is 32.2. The molecule has 29 heavy (non-hydrogen) atoms. The summed E-state index contributed by atoms with van der Waals surface area (Å²) in [5.74, 6) is 0.918. The fourth-order valence-electron chi connectivity index (χ4n) is 2.96. The number of aromatic nitrogens is 1. The van der Waals surface area contributed by atoms with E-state index < -0.39 is 0 Å². The maximum atomic E-state index is 12.4. The fraction of sp³-hybridized carbons (Fsp3) is 0.130. The molecule has 0 unspecified atom stereocenters. The third-order valence-corrected chi connectivity index (χ3v) is 6.25. The van der Waals surface area contributed by atoms with Crippen LogP contribution in [0.15, 0.2) is 87.8 Å². The second-order valence-electron chi connectivity index (χ2n) is 6.48. The van der Waals surface area contributed by atoms with Crippen LogP contribution in [0, 0.1) is 0 Å². The lowest BCUT2D eigenvalue weighted by molar-refractivity contribution is -0.119. The molecule has 2 aromatic heterocycles. The van der Waals surface area contributed by atoms with Gasteiger partial charge in [-0.25, -0.2) is 4.98 Å². The van der Waals surface area contributed by atoms with Gasteiger partial charge in [-0.1, -0.05) is 78.5 Å². The van der Waals surface area contributed by atoms with Crippen LogP contribution in [0.25, 0.3) is 22.6 Å². The van der Waals surface area contributed by atoms with Crippen LogP contribution in [-0.2, 0) is 4.79 Å². The Hall–Kier alpha value is -2.83. The van der Waals surface area contributed by atoms with Gasteiger partial charge in [0, 0.05) is 16.0 Å². The van der Waals surface area contributed by atoms with Crippen molar-refractivity contribution in [2.45, 2.75) is 18.2 Å². The second-order valence-corrected chi connectivity index (χ2v) is 8.39. The number of benzene rings is 2. The molecule has 0 aliphatic heterocycles. The van der Waals surface area contributed by atoms with Crippen LogP contribution in [0.3, 0.4) is 0 Å². The fourth-order valence-corrected chi connectivity index (χ4v) is 4.33. The molecular weight excluding hydrogens is 400 g/mol. The van der Waals surface area contributed by atoms with E-state index in [4.69, 9.17) is 4.42 Å². The van der Waals surface area contributed by atoms with Crippen molar-refractivity contribution in [3.8, 4) is 22.6 Å². The first-order chi connectivity index (χ1) is 14.2. The van der Waals surface area contributed by atoms with E-state index in [1.165, 1.54) is 11.8 Å². The molecule has 4 aromatic rings. The molecule has 0 spiro atoms. The van der Waals surface area contributed by atoms with Gasteiger partial charge in [0.1, 0.15) is 5.69 Å². The first-order valence-electron chi connectivity index (χ1n) is 9.28. The van der Waals surface area contributed by atoms with Crippen molar-refractivity contribution >= 4 is 29.0 Å². The molecule has 2 heterocycles. The summed E-state index contributed by atoms with van der Waals surface area (Å²) >= 11 is 2.94. The van der Waals surface area contributed by atoms with Crippen LogP contribution in [0.2, 0.25) is 0 Å². The topological polar surface area (TPSA) is 55.1 Å². The molecule has 146 valence electrons. The Kier molecular flexibility index (Phi) is 6.12. The van der Waals surface area contributed by atoms with Crippen molar-refractivity contribution in [1.82, 2.24) is 10.3 Å². The normalized spacial score (nSPS) is 11.9. The predicted octanol–water partition coefficient (Wildman–Crippen LogP) is 6.04. The number of oxazole rings is 1. The Morgan fingerprint density at radius 2 is 1.72 bits per heavy atom. The first-order valence-corrected chi connectivity index (χ1v) is 11.1. The zero-order chi connectivity index (χ0) is 20.1. The second kappa shape index (κ2) is 9.11. The summed E-state index contributed by atoms with van der Waals surface area (Å²) in [7, 11) is 0. The summed E-state index contributed by atoms with van der Waals surface area (Å²) in [4.78, 5) is 18.2. The molecule has 0 aliphatic carbocycles. The number of thiophene rings is 1. The summed E-state index contributed by atoms with van der Waals surface area (Å²) in [5, 5.41) is 5.52. The van der Waals surface area contributed by atoms with Gasteiger partial charge < -0.3 is 9.73 Å². The molecule has 0 radical (unpaired) electrons. The molecule has 0 fully saturated rings. The number of nitrogens with one attached hydrogen (secondary N) is 1. The minimum Gasteiger partial charge on any atom is -0.431 e. The van der Waals surface area contributed by atoms with Gasteiger partial charge in [-0.2, -0.15) is 0 Å². The van der Waals surface area contributed by atoms with E-state index >= 15 is 0 Å². The minimum absolute atomic E-state index is 0.00702. The van der Waals surface area contributed by atoms with E-state index in [0.717, 1.165) is 21.7 Å². The number of amides is 1. The number of thioether (sulfide) groups is 1. The summed E-state index contributed by atoms with van der Waals surface area (Å²) in [6.07, 6.45) is 0. The molecule has 0 saturated heterocycles. The molecule has 1 N–H and O–H groups in total. The van der Waals surface area contributed by atoms with Crippen molar-refractivity contribution < 1.29 is 9.21 Å². The zero-order valence-corrected chi connectivity index (χ0v) is 17.5. The van der Waals surface area contributed by atoms with Crippen LogP contribution >= 0.6 is 23.1 Å². The molecular formula is C23H20N2O2S2. The molecule has 6 heteroatoms. The van der Waals surface area contributed by atoms with E-state index in [-0.39, 0.29) is 17.7 Å². The smallest absolute Gasteiger partial charge is 0.257 e. The molecule has 0 aliphatic rings. The van der Waals surface area contributed by atoms with Gasteiger partial charge in [0.05, 0.1) is 11.8 Å². The average Bonchev–Trinajstić information content (AvgIpc) is 3.44. The van der Waals surface area contributed by atoms with Crippen molar-refractivity contribution in [2.24, 2.45) is 0 Å². The zero-order valence-electron chi connectivity index (χ0n) is 15.9. The van der Waals surface area contributed by atoms with Crippen molar-refractivity contribution in [3.05, 3.63) is 83.1 Å². The number of nitrogens with zero attached hydrogens (tertiary/aromatic N) is 1. The highest BCUT2D eigenvalue weighted by Crippen LogP contribution is 2.35. The Labute approximate surface area is 178 Å². The number of carbonyl (C=O) groups excluding carboxylic acids is 1. The Bertz CT molecular complexity index is 1000. The van der Waals surface area contributed by atoms with E-state index in [1.807, 2.05) is 85.1 Å². The van der Waals surface area contributed by atoms with Gasteiger partial charge in [0.15, 0.2) is 5.76 Å². The summed E-state index contributed by atoms with van der Waals surface area (Å²) in [6.45, 7) is 1.99. The number of hydrogen-bond acceptors (Lipinski definition) is 5. The molecule has 2 aromatic carbocycles. The van der Waals surface area contributed by atoms with Gasteiger partial charge in [-0.05, 0) is 18.4 Å². The lowest BCUT2D eigenvalue weighted by atomic mass is 10.1. The Morgan fingerprint density at radius 1 is 1.03 bits per heavy atom. The Morgan fingerprint density at radius 3 is 2.38 bits per heavy atom. The third-order valence-electron chi connectivity index (χ3n) is 4.36. The summed E-state index contributed by atoms with van der Waals surface area (Å²) < 4.78 is 6.06. The van der Waals surface area contributed by atoms with Crippen LogP contribution < -0.4 is 5.32 Å². The summed E-state index contributed by atoms with van der Waals surface area (Å²) in [6, 6.07) is 23.9. The molecule has 4 rings (SSSR count). The molecule has 1 atom stereocenters. The molecule has 1 amide bonds. The molecule has 4 nitrogen and oxygen atoms in total. The first kappa shape index (κ1) is 19.5. The average molecular weight is 421 g/mol. The molecule has 0 bridgehead atoms. The predicted molar refractivity (Wildman–Crippen MR) is 119 cm³/mol. The summed E-state index contributed by atoms with van der Waals surface area (Å²) in [5.41, 5.74) is 2.73. The monoisotopic (exact) mass is 420 g/mol. The molecule has 0 saturated carbocycles. The third kappa shape index (κ3) is 4.78. The van der Waals surface area contributed by atoms with Gasteiger partial charge in [0.25, 0.3) is 5.22 Å². The van der Waals surface area contributed by atoms with Crippen molar-refractivity contribution in [2.75, 3.05) is 5.75 Å². The standard InChI is InChI=1S/C23H20N2O2S2/c1-16(19-13-8-14-28-19)24-20(26)15-29-23-25-21(17-9-4-2-5-10-17)22(27-23)18-11-6-3-7-12-18/h2-14,16H,15H2,1H3,(H,24,26)/t16-/m1/s1. The number of rotatable bonds is 7. The maximum absolute atomic E-state index is 12.4. The van der Waals surface area contributed by atoms with E-state index in [0.29, 0.717) is 11.0 Å². The lowest BCUT2D eigenvalue weighted by Crippen LogP contribution is -2.27. The highest BCUT2D eigenvalue weighted by Gasteiger charge is 2.18. The SMILES string of the molecule is C[C@@H](NC(=O)CSc1nc(-c2ccccc2)c(-c2ccccc2)o1)c1cccs1. The van der Waals surface area contributed by atoms with Crippen LogP contribution in [0.4, 0.5) is 0 Å². The van der Waals surface area contributed by atoms with Crippen LogP contribution in [0.1, 0.15) is 17.8 Å². The Balaban J connectivity index is 1.51. The maximum Gasteiger partial charge on any atom is 0.257 e. The number of hydrogen-bond donors (Lipinski definition) is 1. The van der Waals surface area contributed by atoms with E-state index in [9.17, 15) is 4.79 Å². The van der Waals surface area contributed by atoms with Crippen LogP contribution in [-0.4, -0.2) is 16.6 Å². The van der Waals surface area contributed by atoms with Crippen molar-refractivity contribution in [3.63, 3.8) is 0 Å². The number of carbonyl (C=O) groups is 1. The van der Waals surface area contributed by atoms with Gasteiger partial charge >= 0.3 is 0 Å². The highest BCUT2D eigenvalue weighted by molar-refractivity contribution is 7.99. The van der Waals surface area contributed by atoms with Gasteiger partial charge in [0.2, 0.25) is 5.91 Å². The largest absolute Gasteiger partial charge is 0.431 e. The van der Waals surface area contributed by atoms with Gasteiger partial charge in [-0.3, -0.25) is 4.79 Å². The van der Waals surface area contributed by atoms with Crippen LogP contribution in [0.5, 0.6) is 0 Å². The quantitative estimate of drug-likeness (QED) is 0.370. The van der Waals surface area contributed by atoms with E-state index in [2.05, 4.69) is 10.3 Å². The van der Waals surface area contributed by atoms with E-state index in [1.54, 1.807) is 11.3 Å². The van der Waals surface area contributed by atoms with Crippen molar-refractivity contribution in [1.29, 1.82) is 0 Å². The lowest BCUT2D eigenvalue weighted by Gasteiger charge is -2.11. The van der Waals surface area contributed by atoms with Gasteiger partial charge in [-0.15, -0.1) is 11.3 Å².